The van der Waals surface area contributed by atoms with Crippen LogP contribution in [0.25, 0.3) is 0 Å². The molecule has 0 aliphatic carbocycles. The van der Waals surface area contributed by atoms with Gasteiger partial charge in [-0.15, -0.1) is 12.4 Å². The van der Waals surface area contributed by atoms with Gasteiger partial charge in [0.25, 0.3) is 17.9 Å². The van der Waals surface area contributed by atoms with E-state index >= 15 is 0 Å². The van der Waals surface area contributed by atoms with Gasteiger partial charge in [-0.05, 0) is 23.8 Å². The molecule has 0 bridgehead atoms. The number of carbonyl (C=O) groups excluding carboxylic acids is 1. The quantitative estimate of drug-likeness (QED) is 0.715. The number of ether oxygens (including phenoxy) is 1. The third-order valence-corrected chi connectivity index (χ3v) is 3.81. The molecule has 27 heavy (non-hydrogen) atoms. The molecular formula is C16H16ClF2N5O3. The Morgan fingerprint density at radius 1 is 1.33 bits per heavy atom. The number of H-pyrrole nitrogens is 1. The fourth-order valence-corrected chi connectivity index (χ4v) is 2.55. The largest absolute Gasteiger partial charge is 0.385 e. The van der Waals surface area contributed by atoms with Gasteiger partial charge in [-0.1, -0.05) is 12.1 Å². The maximum absolute atomic E-state index is 13.8. The van der Waals surface area contributed by atoms with Crippen molar-refractivity contribution in [3.63, 3.8) is 0 Å². The van der Waals surface area contributed by atoms with Crippen molar-refractivity contribution in [3.05, 3.63) is 58.0 Å². The van der Waals surface area contributed by atoms with Gasteiger partial charge in [-0.2, -0.15) is 5.10 Å². The summed E-state index contributed by atoms with van der Waals surface area (Å²) in [5.41, 5.74) is 3.59. The summed E-state index contributed by atoms with van der Waals surface area (Å²) in [4.78, 5) is 27.1. The first kappa shape index (κ1) is 20.5. The Bertz CT molecular complexity index is 900. The number of nitrogens with two attached hydrogens (primary N) is 1. The van der Waals surface area contributed by atoms with Gasteiger partial charge in [-0.25, -0.2) is 13.9 Å². The van der Waals surface area contributed by atoms with Crippen LogP contribution >= 0.6 is 12.4 Å². The summed E-state index contributed by atoms with van der Waals surface area (Å²) < 4.78 is 32.7. The van der Waals surface area contributed by atoms with Gasteiger partial charge in [0.05, 0.1) is 6.61 Å². The van der Waals surface area contributed by atoms with E-state index in [1.165, 1.54) is 30.3 Å². The highest BCUT2D eigenvalue weighted by Crippen LogP contribution is 2.36. The minimum absolute atomic E-state index is 0. The molecule has 1 unspecified atom stereocenters. The van der Waals surface area contributed by atoms with E-state index in [-0.39, 0.29) is 48.4 Å². The van der Waals surface area contributed by atoms with Crippen LogP contribution in [0.15, 0.2) is 46.2 Å². The lowest BCUT2D eigenvalue weighted by atomic mass is 9.90. The number of rotatable bonds is 4. The molecule has 1 amide bonds. The van der Waals surface area contributed by atoms with Gasteiger partial charge in [0.2, 0.25) is 0 Å². The van der Waals surface area contributed by atoms with Crippen molar-refractivity contribution in [2.45, 2.75) is 12.0 Å². The number of hydrogen-bond acceptors (Lipinski definition) is 6. The highest BCUT2D eigenvalue weighted by atomic mass is 35.5. The molecule has 11 heteroatoms. The van der Waals surface area contributed by atoms with Crippen molar-refractivity contribution in [1.29, 1.82) is 0 Å². The van der Waals surface area contributed by atoms with Gasteiger partial charge < -0.3 is 15.8 Å². The van der Waals surface area contributed by atoms with E-state index in [0.29, 0.717) is 0 Å². The van der Waals surface area contributed by atoms with Gasteiger partial charge >= 0.3 is 0 Å². The first-order valence-corrected chi connectivity index (χ1v) is 7.58. The second kappa shape index (κ2) is 8.23. The van der Waals surface area contributed by atoms with E-state index in [4.69, 9.17) is 10.5 Å². The van der Waals surface area contributed by atoms with Crippen LogP contribution in [0.3, 0.4) is 0 Å². The first-order valence-electron chi connectivity index (χ1n) is 7.58. The molecular weight excluding hydrogens is 384 g/mol. The Balaban J connectivity index is 0.00000261. The fraction of sp³-hybridized carbons (Fsp3) is 0.250. The number of aromatic amines is 1. The smallest absolute Gasteiger partial charge is 0.276 e. The Morgan fingerprint density at radius 2 is 2.11 bits per heavy atom. The molecule has 1 aliphatic rings. The van der Waals surface area contributed by atoms with Crippen molar-refractivity contribution in [3.8, 4) is 0 Å². The predicted octanol–water partition coefficient (Wildman–Crippen LogP) is 1.29. The van der Waals surface area contributed by atoms with Crippen molar-refractivity contribution in [1.82, 2.24) is 10.2 Å². The molecule has 0 saturated heterocycles. The predicted molar refractivity (Wildman–Crippen MR) is 96.6 cm³/mol. The zero-order valence-corrected chi connectivity index (χ0v) is 14.6. The molecule has 8 nitrogen and oxygen atoms in total. The van der Waals surface area contributed by atoms with E-state index in [1.807, 2.05) is 0 Å². The van der Waals surface area contributed by atoms with E-state index in [2.05, 4.69) is 20.5 Å². The fourth-order valence-electron chi connectivity index (χ4n) is 2.55. The molecule has 0 spiro atoms. The summed E-state index contributed by atoms with van der Waals surface area (Å²) >= 11 is 0. The zero-order valence-electron chi connectivity index (χ0n) is 13.8. The molecule has 3 rings (SSSR count). The van der Waals surface area contributed by atoms with Crippen LogP contribution in [0.1, 0.15) is 16.1 Å². The summed E-state index contributed by atoms with van der Waals surface area (Å²) in [6.45, 7) is -0.340. The average molecular weight is 400 g/mol. The van der Waals surface area contributed by atoms with E-state index in [0.717, 1.165) is 6.07 Å². The standard InChI is InChI=1S/C16H15F2N5O3.ClH/c17-15(18)16(8-26-7-12(19)21-16)9-2-1-3-10(6-9)20-14(25)11-4-5-13(24)23-22-11;/h1-6,15H,7-8H2,(H2,19,21)(H,20,25)(H,23,24);1H. The number of amides is 1. The number of aromatic nitrogens is 2. The number of hydrogen-bond donors (Lipinski definition) is 3. The normalized spacial score (nSPS) is 19.1. The molecule has 1 aromatic carbocycles. The second-order valence-corrected chi connectivity index (χ2v) is 5.66. The number of nitrogens with zero attached hydrogens (tertiary/aromatic N) is 2. The molecule has 144 valence electrons. The average Bonchev–Trinajstić information content (AvgIpc) is 2.62. The number of alkyl halides is 2. The number of aliphatic imine (C=N–C) groups is 1. The van der Waals surface area contributed by atoms with Crippen LogP contribution in [-0.4, -0.2) is 41.6 Å². The number of carbonyl (C=O) groups is 1. The van der Waals surface area contributed by atoms with Gasteiger partial charge in [0.15, 0.2) is 5.54 Å². The molecule has 0 saturated carbocycles. The molecule has 2 aromatic rings. The minimum Gasteiger partial charge on any atom is -0.385 e. The minimum atomic E-state index is -2.85. The highest BCUT2D eigenvalue weighted by molar-refractivity contribution is 6.02. The second-order valence-electron chi connectivity index (χ2n) is 5.66. The molecule has 1 aromatic heterocycles. The summed E-state index contributed by atoms with van der Waals surface area (Å²) in [6, 6.07) is 8.28. The van der Waals surface area contributed by atoms with Crippen LogP contribution in [0.5, 0.6) is 0 Å². The van der Waals surface area contributed by atoms with Crippen LogP contribution < -0.4 is 16.6 Å². The SMILES string of the molecule is Cl.NC1=NC(c2cccc(NC(=O)c3ccc(=O)[nH]n3)c2)(C(F)F)COC1. The third-order valence-electron chi connectivity index (χ3n) is 3.81. The lowest BCUT2D eigenvalue weighted by Gasteiger charge is -2.33. The maximum Gasteiger partial charge on any atom is 0.276 e. The summed E-state index contributed by atoms with van der Waals surface area (Å²) in [6.07, 6.45) is -2.85. The molecule has 4 N–H and O–H groups in total. The Kier molecular flexibility index (Phi) is 6.24. The van der Waals surface area contributed by atoms with Crippen LogP contribution in [0.2, 0.25) is 0 Å². The van der Waals surface area contributed by atoms with Gasteiger partial charge in [0, 0.05) is 11.8 Å². The van der Waals surface area contributed by atoms with Gasteiger partial charge in [0.1, 0.15) is 18.1 Å². The third kappa shape index (κ3) is 4.29. The summed E-state index contributed by atoms with van der Waals surface area (Å²) in [7, 11) is 0. The van der Waals surface area contributed by atoms with Crippen molar-refractivity contribution < 1.29 is 18.3 Å². The van der Waals surface area contributed by atoms with E-state index < -0.39 is 23.4 Å². The lowest BCUT2D eigenvalue weighted by Crippen LogP contribution is -2.44. The molecule has 1 atom stereocenters. The monoisotopic (exact) mass is 399 g/mol. The van der Waals surface area contributed by atoms with Crippen molar-refractivity contribution in [2.24, 2.45) is 10.7 Å². The van der Waals surface area contributed by atoms with Crippen LogP contribution in [0.4, 0.5) is 14.5 Å². The maximum atomic E-state index is 13.8. The Hall–Kier alpha value is -2.85. The summed E-state index contributed by atoms with van der Waals surface area (Å²) in [5, 5.41) is 8.29. The van der Waals surface area contributed by atoms with Crippen molar-refractivity contribution >= 4 is 29.8 Å². The van der Waals surface area contributed by atoms with Crippen LogP contribution in [0, 0.1) is 0 Å². The number of anilines is 1. The van der Waals surface area contributed by atoms with Gasteiger partial charge in [-0.3, -0.25) is 14.6 Å². The number of amidine groups is 1. The van der Waals surface area contributed by atoms with E-state index in [9.17, 15) is 18.4 Å². The molecule has 0 fully saturated rings. The lowest BCUT2D eigenvalue weighted by molar-refractivity contribution is -0.0129. The number of nitrogens with one attached hydrogen (secondary N) is 2. The Morgan fingerprint density at radius 3 is 2.74 bits per heavy atom. The number of halogens is 3. The first-order chi connectivity index (χ1) is 12.4. The zero-order chi connectivity index (χ0) is 18.7. The van der Waals surface area contributed by atoms with Crippen molar-refractivity contribution in [2.75, 3.05) is 18.5 Å². The summed E-state index contributed by atoms with van der Waals surface area (Å²) in [5.74, 6) is -0.629. The Labute approximate surface area is 158 Å². The van der Waals surface area contributed by atoms with Crippen LogP contribution in [-0.2, 0) is 10.3 Å². The molecule has 2 heterocycles. The molecule has 0 radical (unpaired) electrons. The number of benzene rings is 1. The topological polar surface area (TPSA) is 122 Å². The highest BCUT2D eigenvalue weighted by Gasteiger charge is 2.44. The molecule has 1 aliphatic heterocycles. The van der Waals surface area contributed by atoms with E-state index in [1.54, 1.807) is 0 Å².